The molecule has 0 saturated heterocycles. The molecule has 3 rings (SSSR count). The smallest absolute Gasteiger partial charge is 0.256 e. The zero-order valence-corrected chi connectivity index (χ0v) is 18.0. The van der Waals surface area contributed by atoms with Crippen molar-refractivity contribution in [3.63, 3.8) is 0 Å². The quantitative estimate of drug-likeness (QED) is 0.526. The van der Waals surface area contributed by atoms with Gasteiger partial charge in [0.05, 0.1) is 16.9 Å². The van der Waals surface area contributed by atoms with Crippen LogP contribution in [0.3, 0.4) is 0 Å². The molecule has 2 aromatic heterocycles. The summed E-state index contributed by atoms with van der Waals surface area (Å²) in [5, 5.41) is 3.33. The van der Waals surface area contributed by atoms with E-state index < -0.39 is 21.4 Å². The molecule has 0 spiro atoms. The highest BCUT2D eigenvalue weighted by Gasteiger charge is 2.20. The minimum atomic E-state index is -3.79. The first kappa shape index (κ1) is 21.9. The van der Waals surface area contributed by atoms with Crippen LogP contribution in [0.1, 0.15) is 25.5 Å². The first-order chi connectivity index (χ1) is 14.1. The predicted molar refractivity (Wildman–Crippen MR) is 115 cm³/mol. The van der Waals surface area contributed by atoms with E-state index in [-0.39, 0.29) is 32.7 Å². The Labute approximate surface area is 178 Å². The molecule has 0 unspecified atom stereocenters. The second kappa shape index (κ2) is 8.55. The lowest BCUT2D eigenvalue weighted by Crippen LogP contribution is -2.20. The molecule has 7 nitrogen and oxygen atoms in total. The predicted octanol–water partition coefficient (Wildman–Crippen LogP) is 4.00. The van der Waals surface area contributed by atoms with E-state index in [0.717, 1.165) is 0 Å². The third-order valence-corrected chi connectivity index (χ3v) is 6.16. The molecule has 30 heavy (non-hydrogen) atoms. The Bertz CT molecular complexity index is 1260. The number of hydrogen-bond acceptors (Lipinski definition) is 5. The molecule has 3 aromatic rings. The van der Waals surface area contributed by atoms with Crippen molar-refractivity contribution in [3.8, 4) is 11.1 Å². The molecular formula is C20H20ClFN4O3S. The first-order valence-corrected chi connectivity index (χ1v) is 10.9. The fraction of sp³-hybridized carbons (Fsp3) is 0.200. The van der Waals surface area contributed by atoms with Crippen molar-refractivity contribution in [2.75, 3.05) is 12.4 Å². The fourth-order valence-corrected chi connectivity index (χ4v) is 3.96. The second-order valence-corrected chi connectivity index (χ2v) is 9.11. The minimum Gasteiger partial charge on any atom is -0.353 e. The Morgan fingerprint density at radius 1 is 1.13 bits per heavy atom. The van der Waals surface area contributed by atoms with E-state index in [9.17, 15) is 17.6 Å². The van der Waals surface area contributed by atoms with Gasteiger partial charge in [-0.15, -0.1) is 0 Å². The van der Waals surface area contributed by atoms with Gasteiger partial charge in [0.25, 0.3) is 5.56 Å². The van der Waals surface area contributed by atoms with Gasteiger partial charge in [0.15, 0.2) is 0 Å². The number of aromatic nitrogens is 2. The standard InChI is InChI=1S/C20H20ClFN4O3S/c1-11(2)19-17(25-16-6-7-24-10-18(16)30(28,29)23-3)9-14(20(27)26-19)13-8-12(21)4-5-15(13)22/h4-11,23H,1-3H3,(H,24,25)(H,26,27). The third-order valence-electron chi connectivity index (χ3n) is 4.48. The number of pyridine rings is 2. The van der Waals surface area contributed by atoms with Gasteiger partial charge in [-0.05, 0) is 43.3 Å². The summed E-state index contributed by atoms with van der Waals surface area (Å²) in [6.45, 7) is 3.74. The van der Waals surface area contributed by atoms with Gasteiger partial charge in [-0.1, -0.05) is 25.4 Å². The number of halogens is 2. The van der Waals surface area contributed by atoms with Crippen molar-refractivity contribution in [3.05, 3.63) is 69.6 Å². The molecule has 158 valence electrons. The highest BCUT2D eigenvalue weighted by atomic mass is 35.5. The maximum atomic E-state index is 14.4. The molecule has 2 heterocycles. The molecule has 0 aliphatic carbocycles. The largest absolute Gasteiger partial charge is 0.353 e. The molecule has 3 N–H and O–H groups in total. The van der Waals surface area contributed by atoms with Gasteiger partial charge in [0.2, 0.25) is 10.0 Å². The van der Waals surface area contributed by atoms with E-state index in [1.54, 1.807) is 0 Å². The number of aromatic amines is 1. The van der Waals surface area contributed by atoms with Crippen LogP contribution in [0.5, 0.6) is 0 Å². The summed E-state index contributed by atoms with van der Waals surface area (Å²) >= 11 is 5.98. The summed E-state index contributed by atoms with van der Waals surface area (Å²) in [5.41, 5.74) is 0.844. The van der Waals surface area contributed by atoms with Crippen LogP contribution in [-0.2, 0) is 10.0 Å². The van der Waals surface area contributed by atoms with E-state index in [2.05, 4.69) is 20.0 Å². The van der Waals surface area contributed by atoms with Crippen LogP contribution in [0.15, 0.2) is 52.4 Å². The molecule has 0 fully saturated rings. The molecule has 0 amide bonds. The molecule has 0 bridgehead atoms. The van der Waals surface area contributed by atoms with Crippen molar-refractivity contribution in [1.29, 1.82) is 0 Å². The van der Waals surface area contributed by atoms with Crippen LogP contribution >= 0.6 is 11.6 Å². The van der Waals surface area contributed by atoms with Crippen molar-refractivity contribution >= 4 is 33.0 Å². The lowest BCUT2D eigenvalue weighted by Gasteiger charge is -2.18. The molecule has 0 aliphatic rings. The molecule has 0 radical (unpaired) electrons. The normalized spacial score (nSPS) is 11.7. The van der Waals surface area contributed by atoms with Crippen molar-refractivity contribution in [2.45, 2.75) is 24.7 Å². The van der Waals surface area contributed by atoms with Crippen LogP contribution in [0, 0.1) is 5.82 Å². The van der Waals surface area contributed by atoms with Gasteiger partial charge in [0, 0.05) is 28.7 Å². The highest BCUT2D eigenvalue weighted by molar-refractivity contribution is 7.89. The Kier molecular flexibility index (Phi) is 6.25. The van der Waals surface area contributed by atoms with Gasteiger partial charge in [-0.25, -0.2) is 17.5 Å². The zero-order chi connectivity index (χ0) is 22.1. The van der Waals surface area contributed by atoms with E-state index in [1.807, 2.05) is 13.8 Å². The van der Waals surface area contributed by atoms with Gasteiger partial charge >= 0.3 is 0 Å². The summed E-state index contributed by atoms with van der Waals surface area (Å²) in [5.74, 6) is -0.708. The number of nitrogens with zero attached hydrogens (tertiary/aromatic N) is 1. The number of benzene rings is 1. The Hall–Kier alpha value is -2.75. The summed E-state index contributed by atoms with van der Waals surface area (Å²) in [6.07, 6.45) is 2.65. The third kappa shape index (κ3) is 4.38. The first-order valence-electron chi connectivity index (χ1n) is 9.01. The van der Waals surface area contributed by atoms with Crippen LogP contribution in [0.2, 0.25) is 5.02 Å². The number of sulfonamides is 1. The summed E-state index contributed by atoms with van der Waals surface area (Å²) in [6, 6.07) is 6.92. The average molecular weight is 451 g/mol. The summed E-state index contributed by atoms with van der Waals surface area (Å²) in [4.78, 5) is 19.3. The average Bonchev–Trinajstić information content (AvgIpc) is 2.71. The fourth-order valence-electron chi connectivity index (χ4n) is 2.96. The Balaban J connectivity index is 2.21. The van der Waals surface area contributed by atoms with E-state index in [0.29, 0.717) is 11.4 Å². The maximum absolute atomic E-state index is 14.4. The number of rotatable bonds is 6. The van der Waals surface area contributed by atoms with Gasteiger partial charge in [-0.2, -0.15) is 0 Å². The topological polar surface area (TPSA) is 104 Å². The summed E-state index contributed by atoms with van der Waals surface area (Å²) in [7, 11) is -2.49. The molecule has 10 heteroatoms. The van der Waals surface area contributed by atoms with Crippen molar-refractivity contribution < 1.29 is 12.8 Å². The van der Waals surface area contributed by atoms with Crippen LogP contribution < -0.4 is 15.6 Å². The van der Waals surface area contributed by atoms with E-state index in [4.69, 9.17) is 11.6 Å². The van der Waals surface area contributed by atoms with Crippen LogP contribution in [-0.4, -0.2) is 25.4 Å². The van der Waals surface area contributed by atoms with E-state index in [1.165, 1.54) is 49.8 Å². The highest BCUT2D eigenvalue weighted by Crippen LogP contribution is 2.32. The molecule has 0 saturated carbocycles. The van der Waals surface area contributed by atoms with E-state index >= 15 is 0 Å². The number of H-pyrrole nitrogens is 1. The zero-order valence-electron chi connectivity index (χ0n) is 16.5. The van der Waals surface area contributed by atoms with Gasteiger partial charge < -0.3 is 10.3 Å². The Morgan fingerprint density at radius 2 is 1.87 bits per heavy atom. The lowest BCUT2D eigenvalue weighted by atomic mass is 10.0. The van der Waals surface area contributed by atoms with Gasteiger partial charge in [-0.3, -0.25) is 9.78 Å². The van der Waals surface area contributed by atoms with Crippen LogP contribution in [0.4, 0.5) is 15.8 Å². The number of hydrogen-bond donors (Lipinski definition) is 3. The maximum Gasteiger partial charge on any atom is 0.256 e. The van der Waals surface area contributed by atoms with Crippen molar-refractivity contribution in [2.24, 2.45) is 0 Å². The molecule has 0 aliphatic heterocycles. The monoisotopic (exact) mass is 450 g/mol. The van der Waals surface area contributed by atoms with Gasteiger partial charge in [0.1, 0.15) is 10.7 Å². The molecule has 1 aromatic carbocycles. The minimum absolute atomic E-state index is 0.0416. The number of anilines is 2. The molecule has 0 atom stereocenters. The molecular weight excluding hydrogens is 431 g/mol. The second-order valence-electron chi connectivity index (χ2n) is 6.82. The lowest BCUT2D eigenvalue weighted by molar-refractivity contribution is 0.588. The Morgan fingerprint density at radius 3 is 2.53 bits per heavy atom. The SMILES string of the molecule is CNS(=O)(=O)c1cnccc1Nc1cc(-c2cc(Cl)ccc2F)c(=O)[nH]c1C(C)C. The number of nitrogens with one attached hydrogen (secondary N) is 3. The van der Waals surface area contributed by atoms with Crippen molar-refractivity contribution in [1.82, 2.24) is 14.7 Å². The summed E-state index contributed by atoms with van der Waals surface area (Å²) < 4.78 is 41.3. The van der Waals surface area contributed by atoms with Crippen LogP contribution in [0.25, 0.3) is 11.1 Å².